The molecule has 0 spiro atoms. The molecule has 0 aliphatic rings. The Morgan fingerprint density at radius 1 is 0.508 bits per heavy atom. The van der Waals surface area contributed by atoms with Crippen molar-refractivity contribution in [2.45, 2.75) is 32.2 Å². The molecule has 0 radical (unpaired) electrons. The summed E-state index contributed by atoms with van der Waals surface area (Å²) in [4.78, 5) is 37.5. The summed E-state index contributed by atoms with van der Waals surface area (Å²) in [6.45, 7) is 6.47. The lowest BCUT2D eigenvalue weighted by Gasteiger charge is -2.18. The number of hydrogen-bond acceptors (Lipinski definition) is 16. The van der Waals surface area contributed by atoms with Crippen LogP contribution in [0.1, 0.15) is 42.9 Å². The van der Waals surface area contributed by atoms with Crippen molar-refractivity contribution in [1.82, 2.24) is 39.9 Å². The second kappa shape index (κ2) is 20.3. The lowest BCUT2D eigenvalue weighted by atomic mass is 9.92. The zero-order valence-electron chi connectivity index (χ0n) is 33.5. The van der Waals surface area contributed by atoms with Crippen molar-refractivity contribution in [3.63, 3.8) is 0 Å². The van der Waals surface area contributed by atoms with Crippen LogP contribution < -0.4 is 27.4 Å². The number of hydrogen-bond donors (Lipinski definition) is 5. The molecule has 0 fully saturated rings. The number of nitrogens with one attached hydrogen (secondary N) is 3. The van der Waals surface area contributed by atoms with E-state index in [1.165, 1.54) is 0 Å². The van der Waals surface area contributed by atoms with Crippen LogP contribution in [0.25, 0.3) is 20.9 Å². The van der Waals surface area contributed by atoms with E-state index in [-0.39, 0.29) is 11.5 Å². The van der Waals surface area contributed by atoms with Crippen LogP contribution in [0.4, 0.5) is 38.7 Å². The van der Waals surface area contributed by atoms with Crippen LogP contribution in [0.2, 0.25) is 0 Å². The first-order valence-electron chi connectivity index (χ1n) is 19.1. The molecular weight excluding hydrogens is 819 g/mol. The number of benzene rings is 1. The fraction of sp³-hybridized carbons (Fsp3) is 0.111. The molecule has 0 unspecified atom stereocenters. The summed E-state index contributed by atoms with van der Waals surface area (Å²) in [6, 6.07) is 34.9. The van der Waals surface area contributed by atoms with Crippen molar-refractivity contribution in [1.29, 1.82) is 0 Å². The first kappa shape index (κ1) is 42.2. The summed E-state index contributed by atoms with van der Waals surface area (Å²) in [5, 5.41) is 12.0. The van der Waals surface area contributed by atoms with Gasteiger partial charge in [-0.2, -0.15) is 0 Å². The summed E-state index contributed by atoms with van der Waals surface area (Å²) >= 11 is 4.68. The predicted octanol–water partition coefficient (Wildman–Crippen LogP) is 10.9. The fourth-order valence-electron chi connectivity index (χ4n) is 5.47. The Morgan fingerprint density at radius 2 is 1.07 bits per heavy atom. The van der Waals surface area contributed by atoms with Crippen molar-refractivity contribution in [2.75, 3.05) is 21.7 Å². The summed E-state index contributed by atoms with van der Waals surface area (Å²) in [7, 11) is 0. The van der Waals surface area contributed by atoms with Gasteiger partial charge in [0.05, 0.1) is 15.8 Å². The van der Waals surface area contributed by atoms with E-state index in [0.29, 0.717) is 11.6 Å². The van der Waals surface area contributed by atoms with E-state index in [4.69, 9.17) is 11.5 Å². The Kier molecular flexibility index (Phi) is 14.0. The first-order valence-corrected chi connectivity index (χ1v) is 21.5. The molecule has 306 valence electrons. The van der Waals surface area contributed by atoms with E-state index in [1.54, 1.807) is 58.7 Å². The Morgan fingerprint density at radius 3 is 1.64 bits per heavy atom. The monoisotopic (exact) mass is 861 g/mol. The van der Waals surface area contributed by atoms with Crippen molar-refractivity contribution in [3.8, 4) is 20.9 Å². The number of nitrogens with zero attached hydrogens (tertiary/aromatic N) is 8. The van der Waals surface area contributed by atoms with E-state index >= 15 is 0 Å². The average molecular weight is 862 g/mol. The van der Waals surface area contributed by atoms with Gasteiger partial charge in [0.15, 0.2) is 15.4 Å². The smallest absolute Gasteiger partial charge is 0.188 e. The van der Waals surface area contributed by atoms with Crippen LogP contribution in [-0.4, -0.2) is 39.9 Å². The quantitative estimate of drug-likeness (QED) is 0.0873. The second-order valence-corrected chi connectivity index (χ2v) is 17.3. The summed E-state index contributed by atoms with van der Waals surface area (Å²) in [5.74, 6) is 2.77. The maximum atomic E-state index is 6.25. The highest BCUT2D eigenvalue weighted by molar-refractivity contribution is 7.19. The molecule has 13 nitrogen and oxygen atoms in total. The Hall–Kier alpha value is -6.98. The maximum absolute atomic E-state index is 6.25. The highest BCUT2D eigenvalue weighted by Crippen LogP contribution is 2.32. The molecule has 16 heteroatoms. The van der Waals surface area contributed by atoms with Gasteiger partial charge in [0.1, 0.15) is 23.3 Å². The minimum absolute atomic E-state index is 0.0292. The summed E-state index contributed by atoms with van der Waals surface area (Å²) in [6.07, 6.45) is 14.4. The lowest BCUT2D eigenvalue weighted by molar-refractivity contribution is 0.570. The predicted molar refractivity (Wildman–Crippen MR) is 251 cm³/mol. The van der Waals surface area contributed by atoms with Crippen LogP contribution in [0.5, 0.6) is 0 Å². The van der Waals surface area contributed by atoms with Gasteiger partial charge >= 0.3 is 0 Å². The molecule has 8 aromatic heterocycles. The third-order valence-electron chi connectivity index (χ3n) is 8.55. The van der Waals surface area contributed by atoms with Gasteiger partial charge < -0.3 is 27.4 Å². The highest BCUT2D eigenvalue weighted by Gasteiger charge is 2.16. The molecule has 7 N–H and O–H groups in total. The van der Waals surface area contributed by atoms with Crippen LogP contribution >= 0.6 is 34.0 Å². The van der Waals surface area contributed by atoms with Crippen LogP contribution in [-0.2, 0) is 5.41 Å². The Labute approximate surface area is 366 Å². The molecule has 0 amide bonds. The highest BCUT2D eigenvalue weighted by atomic mass is 32.1. The number of thiazole rings is 3. The van der Waals surface area contributed by atoms with Gasteiger partial charge in [0.2, 0.25) is 0 Å². The third kappa shape index (κ3) is 12.3. The number of pyridine rings is 5. The molecule has 0 saturated heterocycles. The standard InChI is InChI=1S/C17H18N4S.C15H14N4S.C13H11N5S/c1-17(2,3)14-7-4-8-15(20-14)21-16-19-11-13(22-16)12-6-5-9-18-10-12;16-14(11-6-2-1-3-7-11)12-10-18-15(20-12)19-13-8-4-5-9-17-13;14-11-4-1-5-12(17-11)18-13-16-8-10(19-13)9-3-2-6-15-7-9/h4-11H,1-3H3,(H,19,20,21);1-10,14H,16H2,(H,17,18,19);1-8H,(H3,14,16,17,18)/t;14-;/m.0./s1. The van der Waals surface area contributed by atoms with E-state index in [1.807, 2.05) is 134 Å². The van der Waals surface area contributed by atoms with Crippen molar-refractivity contribution in [2.24, 2.45) is 5.73 Å². The number of nitrogens with two attached hydrogens (primary N) is 2. The van der Waals surface area contributed by atoms with Gasteiger partial charge in [-0.15, -0.1) is 0 Å². The Balaban J connectivity index is 0.000000138. The van der Waals surface area contributed by atoms with Crippen molar-refractivity contribution in [3.05, 3.63) is 175 Å². The molecule has 61 heavy (non-hydrogen) atoms. The number of rotatable bonds is 10. The van der Waals surface area contributed by atoms with Crippen LogP contribution in [0.3, 0.4) is 0 Å². The van der Waals surface area contributed by atoms with E-state index in [0.717, 1.165) is 64.0 Å². The molecule has 1 atom stereocenters. The normalized spacial score (nSPS) is 11.3. The zero-order valence-corrected chi connectivity index (χ0v) is 36.0. The third-order valence-corrected chi connectivity index (χ3v) is 11.5. The minimum Gasteiger partial charge on any atom is -0.384 e. The molecule has 0 aliphatic carbocycles. The average Bonchev–Trinajstić information content (AvgIpc) is 4.08. The van der Waals surface area contributed by atoms with Gasteiger partial charge in [0.25, 0.3) is 0 Å². The molecule has 0 saturated carbocycles. The SMILES string of the molecule is CC(C)(C)c1cccc(Nc2ncc(-c3cccnc3)s2)n1.N[C@@H](c1ccccc1)c1cnc(Nc2ccccn2)s1.Nc1cccc(Nc2ncc(-c3cccnc3)s2)n1. The van der Waals surface area contributed by atoms with E-state index in [9.17, 15) is 0 Å². The molecule has 1 aromatic carbocycles. The number of anilines is 7. The first-order chi connectivity index (χ1) is 29.7. The fourth-order valence-corrected chi connectivity index (χ4v) is 7.95. The Bertz CT molecular complexity index is 2700. The molecular formula is C45H43N13S3. The second-order valence-electron chi connectivity index (χ2n) is 14.2. The van der Waals surface area contributed by atoms with E-state index in [2.05, 4.69) is 76.6 Å². The maximum Gasteiger partial charge on any atom is 0.188 e. The van der Waals surface area contributed by atoms with Gasteiger partial charge in [0, 0.05) is 76.7 Å². The van der Waals surface area contributed by atoms with Gasteiger partial charge in [-0.1, -0.05) is 115 Å². The van der Waals surface area contributed by atoms with Crippen molar-refractivity contribution < 1.29 is 0 Å². The minimum atomic E-state index is -0.145. The molecule has 0 bridgehead atoms. The van der Waals surface area contributed by atoms with Gasteiger partial charge in [-0.3, -0.25) is 9.97 Å². The van der Waals surface area contributed by atoms with Gasteiger partial charge in [-0.25, -0.2) is 29.9 Å². The van der Waals surface area contributed by atoms with Gasteiger partial charge in [-0.05, 0) is 54.1 Å². The molecule has 0 aliphatic heterocycles. The lowest BCUT2D eigenvalue weighted by Crippen LogP contribution is -2.13. The largest absolute Gasteiger partial charge is 0.384 e. The number of aromatic nitrogens is 8. The van der Waals surface area contributed by atoms with Crippen LogP contribution in [0, 0.1) is 0 Å². The van der Waals surface area contributed by atoms with Crippen molar-refractivity contribution >= 4 is 72.7 Å². The summed E-state index contributed by atoms with van der Waals surface area (Å²) < 4.78 is 0. The zero-order chi connectivity index (χ0) is 42.4. The van der Waals surface area contributed by atoms with E-state index < -0.39 is 0 Å². The number of nitrogen functional groups attached to an aromatic ring is 1. The molecule has 9 aromatic rings. The topological polar surface area (TPSA) is 191 Å². The van der Waals surface area contributed by atoms with Crippen LogP contribution in [0.15, 0.2) is 159 Å². The summed E-state index contributed by atoms with van der Waals surface area (Å²) in [5.41, 5.74) is 16.2. The molecule has 9 rings (SSSR count). The molecule has 8 heterocycles.